The highest BCUT2D eigenvalue weighted by Crippen LogP contribution is 2.36. The van der Waals surface area contributed by atoms with Gasteiger partial charge in [0.15, 0.2) is 11.5 Å². The minimum absolute atomic E-state index is 0.438. The summed E-state index contributed by atoms with van der Waals surface area (Å²) in [6.07, 6.45) is 1.80. The molecule has 0 heterocycles. The van der Waals surface area contributed by atoms with Gasteiger partial charge in [-0.3, -0.25) is 0 Å². The van der Waals surface area contributed by atoms with E-state index in [-0.39, 0.29) is 0 Å². The molecular formula is C23H17BrClNO2. The molecule has 0 aliphatic carbocycles. The fourth-order valence-corrected chi connectivity index (χ4v) is 3.20. The van der Waals surface area contributed by atoms with Crippen molar-refractivity contribution in [3.63, 3.8) is 0 Å². The van der Waals surface area contributed by atoms with Gasteiger partial charge < -0.3 is 9.47 Å². The Morgan fingerprint density at radius 2 is 1.79 bits per heavy atom. The fraction of sp³-hybridized carbons (Fsp3) is 0.0870. The molecule has 0 aliphatic heterocycles. The molecule has 140 valence electrons. The first-order valence-electron chi connectivity index (χ1n) is 8.52. The normalized spacial score (nSPS) is 11.0. The molecule has 0 atom stereocenters. The summed E-state index contributed by atoms with van der Waals surface area (Å²) in [5, 5.41) is 10.2. The lowest BCUT2D eigenvalue weighted by Crippen LogP contribution is -1.98. The highest BCUT2D eigenvalue weighted by molar-refractivity contribution is 9.10. The average molecular weight is 455 g/mol. The molecule has 0 bridgehead atoms. The Labute approximate surface area is 177 Å². The molecular weight excluding hydrogens is 438 g/mol. The molecule has 0 fully saturated rings. The van der Waals surface area contributed by atoms with Crippen molar-refractivity contribution in [3.8, 4) is 17.6 Å². The number of allylic oxidation sites excluding steroid dienone is 1. The molecule has 0 aromatic heterocycles. The first-order chi connectivity index (χ1) is 13.6. The molecule has 3 aromatic carbocycles. The predicted octanol–water partition coefficient (Wildman–Crippen LogP) is 6.75. The van der Waals surface area contributed by atoms with E-state index in [1.165, 1.54) is 0 Å². The van der Waals surface area contributed by atoms with Crippen LogP contribution in [0, 0.1) is 11.3 Å². The predicted molar refractivity (Wildman–Crippen MR) is 116 cm³/mol. The van der Waals surface area contributed by atoms with E-state index in [2.05, 4.69) is 22.0 Å². The van der Waals surface area contributed by atoms with Crippen LogP contribution in [0.1, 0.15) is 16.7 Å². The summed E-state index contributed by atoms with van der Waals surface area (Å²) >= 11 is 9.50. The van der Waals surface area contributed by atoms with Gasteiger partial charge in [-0.2, -0.15) is 5.26 Å². The van der Waals surface area contributed by atoms with Gasteiger partial charge in [0.05, 0.1) is 18.8 Å². The molecule has 0 amide bonds. The van der Waals surface area contributed by atoms with Gasteiger partial charge in [0.2, 0.25) is 0 Å². The Morgan fingerprint density at radius 1 is 1.07 bits per heavy atom. The first kappa shape index (κ1) is 20.0. The number of methoxy groups -OCH3 is 1. The maximum absolute atomic E-state index is 9.57. The van der Waals surface area contributed by atoms with E-state index in [0.29, 0.717) is 28.7 Å². The smallest absolute Gasteiger partial charge is 0.162 e. The summed E-state index contributed by atoms with van der Waals surface area (Å²) in [6, 6.07) is 23.0. The van der Waals surface area contributed by atoms with Crippen molar-refractivity contribution < 1.29 is 9.47 Å². The lowest BCUT2D eigenvalue weighted by molar-refractivity contribution is 0.284. The lowest BCUT2D eigenvalue weighted by atomic mass is 10.0. The van der Waals surface area contributed by atoms with Gasteiger partial charge >= 0.3 is 0 Å². The van der Waals surface area contributed by atoms with Gasteiger partial charge in [-0.25, -0.2) is 0 Å². The van der Waals surface area contributed by atoms with Crippen LogP contribution >= 0.6 is 27.5 Å². The molecule has 0 saturated heterocycles. The summed E-state index contributed by atoms with van der Waals surface area (Å²) in [5.74, 6) is 1.22. The van der Waals surface area contributed by atoms with E-state index in [1.54, 1.807) is 25.3 Å². The minimum atomic E-state index is 0.438. The van der Waals surface area contributed by atoms with Crippen molar-refractivity contribution in [2.45, 2.75) is 6.61 Å². The van der Waals surface area contributed by atoms with Gasteiger partial charge in [-0.1, -0.05) is 70.0 Å². The van der Waals surface area contributed by atoms with E-state index >= 15 is 0 Å². The van der Waals surface area contributed by atoms with Crippen molar-refractivity contribution >= 4 is 39.2 Å². The second-order valence-corrected chi connectivity index (χ2v) is 7.27. The zero-order chi connectivity index (χ0) is 19.9. The van der Waals surface area contributed by atoms with Crippen LogP contribution in [0.15, 0.2) is 71.2 Å². The molecule has 5 heteroatoms. The Hall–Kier alpha value is -2.74. The summed E-state index contributed by atoms with van der Waals surface area (Å²) in [4.78, 5) is 0. The van der Waals surface area contributed by atoms with Gasteiger partial charge in [-0.05, 0) is 47.0 Å². The highest BCUT2D eigenvalue weighted by atomic mass is 79.9. The van der Waals surface area contributed by atoms with Crippen LogP contribution in [0.5, 0.6) is 11.5 Å². The molecule has 3 rings (SSSR count). The summed E-state index contributed by atoms with van der Waals surface area (Å²) in [6.45, 7) is 0.438. The number of hydrogen-bond acceptors (Lipinski definition) is 3. The molecule has 0 aliphatic rings. The molecule has 0 unspecified atom stereocenters. The van der Waals surface area contributed by atoms with Gasteiger partial charge in [-0.15, -0.1) is 0 Å². The van der Waals surface area contributed by atoms with E-state index in [1.807, 2.05) is 54.6 Å². The molecule has 3 nitrogen and oxygen atoms in total. The van der Waals surface area contributed by atoms with Crippen LogP contribution in [0.2, 0.25) is 5.02 Å². The standard InChI is InChI=1S/C23H17BrClNO2/c1-27-22-12-18(11-19(14-26)17-7-9-20(25)10-8-17)21(24)13-23(22)28-15-16-5-3-2-4-6-16/h2-13H,15H2,1H3. The number of nitrogens with zero attached hydrogens (tertiary/aromatic N) is 1. The quantitative estimate of drug-likeness (QED) is 0.305. The molecule has 28 heavy (non-hydrogen) atoms. The monoisotopic (exact) mass is 453 g/mol. The number of rotatable bonds is 6. The second kappa shape index (κ2) is 9.45. The van der Waals surface area contributed by atoms with Crippen molar-refractivity contribution in [2.75, 3.05) is 7.11 Å². The van der Waals surface area contributed by atoms with Gasteiger partial charge in [0, 0.05) is 9.50 Å². The number of hydrogen-bond donors (Lipinski definition) is 0. The number of ether oxygens (including phenoxy) is 2. The summed E-state index contributed by atoms with van der Waals surface area (Å²) < 4.78 is 12.2. The van der Waals surface area contributed by atoms with Crippen LogP contribution < -0.4 is 9.47 Å². The molecule has 0 saturated carbocycles. The topological polar surface area (TPSA) is 42.2 Å². The Balaban J connectivity index is 1.90. The average Bonchev–Trinajstić information content (AvgIpc) is 2.73. The van der Waals surface area contributed by atoms with Crippen molar-refractivity contribution in [3.05, 3.63) is 92.9 Å². The van der Waals surface area contributed by atoms with Crippen LogP contribution in [0.4, 0.5) is 0 Å². The SMILES string of the molecule is COc1cc(C=C(C#N)c2ccc(Cl)cc2)c(Br)cc1OCc1ccccc1. The third-order valence-electron chi connectivity index (χ3n) is 4.10. The van der Waals surface area contributed by atoms with Gasteiger partial charge in [0.25, 0.3) is 0 Å². The van der Waals surface area contributed by atoms with Crippen LogP contribution in [-0.2, 0) is 6.61 Å². The molecule has 0 spiro atoms. The van der Waals surface area contributed by atoms with Crippen molar-refractivity contribution in [2.24, 2.45) is 0 Å². The van der Waals surface area contributed by atoms with Crippen molar-refractivity contribution in [1.29, 1.82) is 5.26 Å². The minimum Gasteiger partial charge on any atom is -0.493 e. The zero-order valence-electron chi connectivity index (χ0n) is 15.2. The lowest BCUT2D eigenvalue weighted by Gasteiger charge is -2.13. The van der Waals surface area contributed by atoms with Crippen LogP contribution in [-0.4, -0.2) is 7.11 Å². The van der Waals surface area contributed by atoms with Crippen LogP contribution in [0.3, 0.4) is 0 Å². The maximum atomic E-state index is 9.57. The second-order valence-electron chi connectivity index (χ2n) is 5.98. The number of nitriles is 1. The molecule has 3 aromatic rings. The third kappa shape index (κ3) is 4.95. The Kier molecular flexibility index (Phi) is 6.76. The Morgan fingerprint density at radius 3 is 2.43 bits per heavy atom. The van der Waals surface area contributed by atoms with E-state index in [4.69, 9.17) is 21.1 Å². The fourth-order valence-electron chi connectivity index (χ4n) is 2.63. The van der Waals surface area contributed by atoms with Gasteiger partial charge in [0.1, 0.15) is 6.61 Å². The third-order valence-corrected chi connectivity index (χ3v) is 5.03. The van der Waals surface area contributed by atoms with Crippen LogP contribution in [0.25, 0.3) is 11.6 Å². The highest BCUT2D eigenvalue weighted by Gasteiger charge is 2.11. The van der Waals surface area contributed by atoms with E-state index in [0.717, 1.165) is 21.2 Å². The van der Waals surface area contributed by atoms with Crippen molar-refractivity contribution in [1.82, 2.24) is 0 Å². The number of benzene rings is 3. The first-order valence-corrected chi connectivity index (χ1v) is 9.70. The summed E-state index contributed by atoms with van der Waals surface area (Å²) in [7, 11) is 1.59. The van der Waals surface area contributed by atoms with E-state index in [9.17, 15) is 5.26 Å². The zero-order valence-corrected chi connectivity index (χ0v) is 17.5. The summed E-state index contributed by atoms with van der Waals surface area (Å²) in [5.41, 5.74) is 3.20. The largest absolute Gasteiger partial charge is 0.493 e. The molecule has 0 radical (unpaired) electrons. The number of halogens is 2. The molecule has 0 N–H and O–H groups in total. The maximum Gasteiger partial charge on any atom is 0.162 e. The Bertz CT molecular complexity index is 1020. The van der Waals surface area contributed by atoms with E-state index < -0.39 is 0 Å².